The summed E-state index contributed by atoms with van der Waals surface area (Å²) < 4.78 is 21.2. The number of rotatable bonds is 3. The minimum atomic E-state index is -3.74. The van der Waals surface area contributed by atoms with Crippen molar-refractivity contribution in [1.29, 1.82) is 0 Å². The molecule has 0 aliphatic rings. The van der Waals surface area contributed by atoms with E-state index in [1.165, 1.54) is 12.2 Å². The summed E-state index contributed by atoms with van der Waals surface area (Å²) in [6.45, 7) is 4.84. The van der Waals surface area contributed by atoms with Crippen molar-refractivity contribution in [2.45, 2.75) is 6.92 Å². The predicted molar refractivity (Wildman–Crippen MR) is 37.8 cm³/mol. The summed E-state index contributed by atoms with van der Waals surface area (Å²) >= 11 is 0. The van der Waals surface area contributed by atoms with Gasteiger partial charge in [0.05, 0.1) is 4.91 Å². The van der Waals surface area contributed by atoms with Crippen LogP contribution in [0.25, 0.3) is 0 Å². The fourth-order valence-electron chi connectivity index (χ4n) is 0.334. The van der Waals surface area contributed by atoms with E-state index in [1.54, 1.807) is 6.92 Å². The highest BCUT2D eigenvalue weighted by Crippen LogP contribution is 2.00. The predicted octanol–water partition coefficient (Wildman–Crippen LogP) is 0.385. The molecule has 0 aliphatic carbocycles. The summed E-state index contributed by atoms with van der Waals surface area (Å²) in [5.41, 5.74) is 0. The normalized spacial score (nSPS) is 12.2. The van der Waals surface area contributed by atoms with Gasteiger partial charge < -0.3 is 5.21 Å². The Morgan fingerprint density at radius 3 is 2.50 bits per heavy atom. The third-order valence-electron chi connectivity index (χ3n) is 0.818. The molecule has 2 N–H and O–H groups in total. The molecule has 0 radical (unpaired) electrons. The summed E-state index contributed by atoms with van der Waals surface area (Å²) in [7, 11) is -3.74. The molecule has 0 amide bonds. The van der Waals surface area contributed by atoms with Crippen molar-refractivity contribution < 1.29 is 13.6 Å². The number of hydrogen-bond donors (Lipinski definition) is 2. The van der Waals surface area contributed by atoms with E-state index in [2.05, 4.69) is 6.58 Å². The smallest absolute Gasteiger partial charge is 0.261 e. The molecule has 0 saturated carbocycles. The van der Waals surface area contributed by atoms with Crippen LogP contribution in [0.2, 0.25) is 0 Å². The van der Waals surface area contributed by atoms with Crippen molar-refractivity contribution >= 4 is 10.0 Å². The lowest BCUT2D eigenvalue weighted by Crippen LogP contribution is -2.19. The molecule has 4 nitrogen and oxygen atoms in total. The molecule has 0 aromatic rings. The van der Waals surface area contributed by atoms with Gasteiger partial charge in [0, 0.05) is 0 Å². The third kappa shape index (κ3) is 2.30. The minimum absolute atomic E-state index is 0.169. The summed E-state index contributed by atoms with van der Waals surface area (Å²) in [4.78, 5) is 0.978. The molecule has 0 fully saturated rings. The average molecular weight is 163 g/mol. The summed E-state index contributed by atoms with van der Waals surface area (Å²) in [6, 6.07) is 0. The Hall–Kier alpha value is -0.650. The van der Waals surface area contributed by atoms with Gasteiger partial charge in [0.25, 0.3) is 10.0 Å². The van der Waals surface area contributed by atoms with Gasteiger partial charge in [0.2, 0.25) is 0 Å². The SMILES string of the molecule is C=C(/C=C\C)S(=O)(=O)NO. The molecule has 0 unspecified atom stereocenters. The van der Waals surface area contributed by atoms with Crippen LogP contribution in [-0.2, 0) is 10.0 Å². The first-order valence-electron chi connectivity index (χ1n) is 2.52. The molecule has 0 heterocycles. The molecule has 58 valence electrons. The van der Waals surface area contributed by atoms with E-state index in [0.29, 0.717) is 0 Å². The van der Waals surface area contributed by atoms with Crippen LogP contribution in [0.3, 0.4) is 0 Å². The summed E-state index contributed by atoms with van der Waals surface area (Å²) in [5.74, 6) is 0. The lowest BCUT2D eigenvalue weighted by atomic mass is 10.5. The van der Waals surface area contributed by atoms with E-state index >= 15 is 0 Å². The minimum Gasteiger partial charge on any atom is -0.302 e. The molecular formula is C5H9NO3S. The van der Waals surface area contributed by atoms with E-state index in [1.807, 2.05) is 0 Å². The zero-order valence-electron chi connectivity index (χ0n) is 5.53. The van der Waals surface area contributed by atoms with E-state index in [-0.39, 0.29) is 4.91 Å². The van der Waals surface area contributed by atoms with Crippen LogP contribution < -0.4 is 4.89 Å². The molecular weight excluding hydrogens is 154 g/mol. The first-order valence-corrected chi connectivity index (χ1v) is 4.00. The van der Waals surface area contributed by atoms with Gasteiger partial charge in [-0.3, -0.25) is 0 Å². The van der Waals surface area contributed by atoms with Gasteiger partial charge in [0.1, 0.15) is 0 Å². The molecule has 0 spiro atoms. The number of sulfonamides is 1. The highest BCUT2D eigenvalue weighted by atomic mass is 32.2. The lowest BCUT2D eigenvalue weighted by Gasteiger charge is -1.97. The monoisotopic (exact) mass is 163 g/mol. The topological polar surface area (TPSA) is 66.4 Å². The Morgan fingerprint density at radius 2 is 2.20 bits per heavy atom. The highest BCUT2D eigenvalue weighted by Gasteiger charge is 2.09. The summed E-state index contributed by atoms with van der Waals surface area (Å²) in [6.07, 6.45) is 2.79. The zero-order chi connectivity index (χ0) is 8.20. The fraction of sp³-hybridized carbons (Fsp3) is 0.200. The third-order valence-corrected chi connectivity index (χ3v) is 1.88. The second kappa shape index (κ2) is 3.50. The first kappa shape index (κ1) is 9.35. The molecule has 0 atom stereocenters. The van der Waals surface area contributed by atoms with Crippen molar-refractivity contribution in [2.75, 3.05) is 0 Å². The second-order valence-electron chi connectivity index (χ2n) is 1.56. The van der Waals surface area contributed by atoms with E-state index < -0.39 is 10.0 Å². The average Bonchev–Trinajstić information content (AvgIpc) is 1.89. The van der Waals surface area contributed by atoms with Crippen LogP contribution in [0.5, 0.6) is 0 Å². The van der Waals surface area contributed by atoms with Gasteiger partial charge in [-0.2, -0.15) is 0 Å². The van der Waals surface area contributed by atoms with Crippen LogP contribution in [0.15, 0.2) is 23.6 Å². The fourth-order valence-corrected chi connectivity index (χ4v) is 0.767. The van der Waals surface area contributed by atoms with Crippen molar-refractivity contribution in [1.82, 2.24) is 4.89 Å². The molecule has 0 aromatic carbocycles. The Balaban J connectivity index is 4.52. The molecule has 0 aliphatic heterocycles. The van der Waals surface area contributed by atoms with Crippen LogP contribution in [0, 0.1) is 0 Å². The molecule has 5 heteroatoms. The van der Waals surface area contributed by atoms with Crippen molar-refractivity contribution in [3.63, 3.8) is 0 Å². The maximum absolute atomic E-state index is 10.6. The number of hydrogen-bond acceptors (Lipinski definition) is 3. The Morgan fingerprint density at radius 1 is 1.70 bits per heavy atom. The Labute approximate surface area is 59.9 Å². The van der Waals surface area contributed by atoms with E-state index in [9.17, 15) is 8.42 Å². The van der Waals surface area contributed by atoms with Crippen molar-refractivity contribution in [2.24, 2.45) is 0 Å². The van der Waals surface area contributed by atoms with Gasteiger partial charge in [-0.05, 0) is 13.0 Å². The first-order chi connectivity index (χ1) is 4.54. The van der Waals surface area contributed by atoms with Gasteiger partial charge in [-0.1, -0.05) is 17.5 Å². The van der Waals surface area contributed by atoms with Gasteiger partial charge >= 0.3 is 0 Å². The van der Waals surface area contributed by atoms with Crippen molar-refractivity contribution in [3.05, 3.63) is 23.6 Å². The lowest BCUT2D eigenvalue weighted by molar-refractivity contribution is 0.244. The quantitative estimate of drug-likeness (QED) is 0.467. The molecule has 0 bridgehead atoms. The van der Waals surface area contributed by atoms with E-state index in [0.717, 1.165) is 4.89 Å². The van der Waals surface area contributed by atoms with Gasteiger partial charge in [-0.25, -0.2) is 8.42 Å². The van der Waals surface area contributed by atoms with E-state index in [4.69, 9.17) is 5.21 Å². The van der Waals surface area contributed by atoms with Gasteiger partial charge in [-0.15, -0.1) is 0 Å². The van der Waals surface area contributed by atoms with Crippen LogP contribution in [0.4, 0.5) is 0 Å². The standard InChI is InChI=1S/C5H9NO3S/c1-3-4-5(2)10(8,9)6-7/h3-4,6-7H,2H2,1H3/b4-3-. The summed E-state index contributed by atoms with van der Waals surface area (Å²) in [5, 5.41) is 8.06. The number of allylic oxidation sites excluding steroid dienone is 2. The van der Waals surface area contributed by atoms with Crippen LogP contribution in [-0.4, -0.2) is 13.6 Å². The Bertz CT molecular complexity index is 240. The molecule has 0 saturated heterocycles. The highest BCUT2D eigenvalue weighted by molar-refractivity contribution is 7.93. The second-order valence-corrected chi connectivity index (χ2v) is 3.27. The molecule has 0 rings (SSSR count). The van der Waals surface area contributed by atoms with Crippen molar-refractivity contribution in [3.8, 4) is 0 Å². The van der Waals surface area contributed by atoms with Crippen LogP contribution >= 0.6 is 0 Å². The van der Waals surface area contributed by atoms with Crippen LogP contribution in [0.1, 0.15) is 6.92 Å². The molecule has 10 heavy (non-hydrogen) atoms. The number of nitrogens with one attached hydrogen (secondary N) is 1. The maximum Gasteiger partial charge on any atom is 0.261 e. The largest absolute Gasteiger partial charge is 0.302 e. The maximum atomic E-state index is 10.6. The Kier molecular flexibility index (Phi) is 3.27. The van der Waals surface area contributed by atoms with Gasteiger partial charge in [0.15, 0.2) is 0 Å². The zero-order valence-corrected chi connectivity index (χ0v) is 6.35. The molecule has 0 aromatic heterocycles.